The fraction of sp³-hybridized carbons (Fsp3) is 0.467. The van der Waals surface area contributed by atoms with Gasteiger partial charge in [0.1, 0.15) is 0 Å². The maximum Gasteiger partial charge on any atom is 0.416 e. The monoisotopic (exact) mass is 312 g/mol. The lowest BCUT2D eigenvalue weighted by atomic mass is 9.86. The van der Waals surface area contributed by atoms with Crippen molar-refractivity contribution in [3.63, 3.8) is 0 Å². The first kappa shape index (κ1) is 17.8. The van der Waals surface area contributed by atoms with E-state index in [0.29, 0.717) is 5.69 Å². The third-order valence-corrected chi connectivity index (χ3v) is 3.52. The number of halogens is 3. The van der Waals surface area contributed by atoms with Crippen molar-refractivity contribution in [3.05, 3.63) is 29.8 Å². The molecule has 0 aromatic heterocycles. The van der Waals surface area contributed by atoms with Gasteiger partial charge in [-0.1, -0.05) is 20.8 Å². The molecule has 0 saturated heterocycles. The fourth-order valence-electron chi connectivity index (χ4n) is 1.86. The van der Waals surface area contributed by atoms with E-state index in [4.69, 9.17) is 11.0 Å². The van der Waals surface area contributed by atoms with Crippen LogP contribution in [-0.4, -0.2) is 12.0 Å². The number of nitrogens with zero attached hydrogens (tertiary/aromatic N) is 3. The van der Waals surface area contributed by atoms with Crippen LogP contribution in [0.3, 0.4) is 0 Å². The summed E-state index contributed by atoms with van der Waals surface area (Å²) in [6.45, 7) is 7.77. The summed E-state index contributed by atoms with van der Waals surface area (Å²) < 4.78 is 37.9. The molecule has 0 aliphatic heterocycles. The molecule has 1 unspecified atom stereocenters. The Morgan fingerprint density at radius 2 is 1.73 bits per heavy atom. The van der Waals surface area contributed by atoms with Gasteiger partial charge < -0.3 is 10.6 Å². The lowest BCUT2D eigenvalue weighted by Gasteiger charge is -2.38. The van der Waals surface area contributed by atoms with Gasteiger partial charge in [0.2, 0.25) is 12.2 Å². The number of nitrogens with two attached hydrogens (primary N) is 1. The van der Waals surface area contributed by atoms with Crippen molar-refractivity contribution in [3.8, 4) is 6.19 Å². The van der Waals surface area contributed by atoms with E-state index >= 15 is 0 Å². The van der Waals surface area contributed by atoms with Crippen molar-refractivity contribution < 1.29 is 13.2 Å². The summed E-state index contributed by atoms with van der Waals surface area (Å²) in [4.78, 5) is 5.07. The first-order valence-electron chi connectivity index (χ1n) is 6.67. The maximum absolute atomic E-state index is 12.6. The van der Waals surface area contributed by atoms with Crippen LogP contribution in [0.4, 0.5) is 18.9 Å². The first-order chi connectivity index (χ1) is 9.98. The van der Waals surface area contributed by atoms with Gasteiger partial charge in [0.05, 0.1) is 5.56 Å². The van der Waals surface area contributed by atoms with E-state index in [9.17, 15) is 13.2 Å². The number of hydrogen-bond acceptors (Lipinski definition) is 2. The Morgan fingerprint density at radius 3 is 2.09 bits per heavy atom. The number of nitriles is 1. The number of anilines is 1. The van der Waals surface area contributed by atoms with Crippen molar-refractivity contribution in [2.45, 2.75) is 39.9 Å². The van der Waals surface area contributed by atoms with E-state index in [2.05, 4.69) is 4.99 Å². The Labute approximate surface area is 128 Å². The SMILES string of the molecule is CC(N(C(N)=NC#N)c1ccc(C(F)(F)F)cc1)C(C)(C)C. The number of alkyl halides is 3. The number of benzene rings is 1. The van der Waals surface area contributed by atoms with Crippen LogP contribution in [0.2, 0.25) is 0 Å². The Bertz CT molecular complexity index is 577. The average Bonchev–Trinajstić information content (AvgIpc) is 2.37. The maximum atomic E-state index is 12.6. The number of hydrogen-bond donors (Lipinski definition) is 1. The van der Waals surface area contributed by atoms with Gasteiger partial charge in [-0.15, -0.1) is 4.99 Å². The molecule has 7 heteroatoms. The van der Waals surface area contributed by atoms with Gasteiger partial charge in [0.25, 0.3) is 0 Å². The minimum absolute atomic E-state index is 0.0512. The molecule has 1 aromatic rings. The Balaban J connectivity index is 3.29. The van der Waals surface area contributed by atoms with Gasteiger partial charge in [-0.25, -0.2) is 0 Å². The lowest BCUT2D eigenvalue weighted by molar-refractivity contribution is -0.137. The molecule has 1 rings (SSSR count). The molecule has 0 spiro atoms. The summed E-state index contributed by atoms with van der Waals surface area (Å²) in [6.07, 6.45) is -2.80. The molecule has 1 atom stereocenters. The molecule has 120 valence electrons. The highest BCUT2D eigenvalue weighted by Crippen LogP contribution is 2.33. The van der Waals surface area contributed by atoms with Crippen molar-refractivity contribution in [2.24, 2.45) is 16.1 Å². The second-order valence-corrected chi connectivity index (χ2v) is 6.03. The van der Waals surface area contributed by atoms with E-state index in [-0.39, 0.29) is 17.4 Å². The standard InChI is InChI=1S/C15H19F3N4/c1-10(14(2,3)4)22(13(20)21-9-19)12-7-5-11(6-8-12)15(16,17)18/h5-8,10H,1-4H3,(H2,20,21). The molecule has 0 heterocycles. The van der Waals surface area contributed by atoms with Gasteiger partial charge in [0.15, 0.2) is 0 Å². The Morgan fingerprint density at radius 1 is 1.23 bits per heavy atom. The van der Waals surface area contributed by atoms with Crippen LogP contribution in [0, 0.1) is 16.9 Å². The second kappa shape index (κ2) is 6.26. The topological polar surface area (TPSA) is 65.4 Å². The first-order valence-corrected chi connectivity index (χ1v) is 6.67. The van der Waals surface area contributed by atoms with Crippen molar-refractivity contribution >= 4 is 11.6 Å². The summed E-state index contributed by atoms with van der Waals surface area (Å²) in [5.74, 6) is -0.0512. The molecule has 4 nitrogen and oxygen atoms in total. The van der Waals surface area contributed by atoms with Crippen LogP contribution in [0.15, 0.2) is 29.3 Å². The molecule has 2 N–H and O–H groups in total. The minimum atomic E-state index is -4.40. The van der Waals surface area contributed by atoms with E-state index in [1.54, 1.807) is 11.1 Å². The van der Waals surface area contributed by atoms with Crippen LogP contribution in [0.5, 0.6) is 0 Å². The summed E-state index contributed by atoms with van der Waals surface area (Å²) in [6, 6.07) is 4.44. The zero-order chi connectivity index (χ0) is 17.1. The van der Waals surface area contributed by atoms with E-state index in [1.165, 1.54) is 12.1 Å². The zero-order valence-electron chi connectivity index (χ0n) is 12.9. The average molecular weight is 312 g/mol. The smallest absolute Gasteiger partial charge is 0.369 e. The molecular formula is C15H19F3N4. The molecule has 0 amide bonds. The van der Waals surface area contributed by atoms with Crippen LogP contribution in [-0.2, 0) is 6.18 Å². The predicted molar refractivity (Wildman–Crippen MR) is 80.1 cm³/mol. The van der Waals surface area contributed by atoms with Crippen LogP contribution < -0.4 is 10.6 Å². The normalized spacial score (nSPS) is 14.4. The predicted octanol–water partition coefficient (Wildman–Crippen LogP) is 3.74. The molecule has 0 bridgehead atoms. The third-order valence-electron chi connectivity index (χ3n) is 3.52. The molecule has 0 aliphatic carbocycles. The highest BCUT2D eigenvalue weighted by atomic mass is 19.4. The quantitative estimate of drug-likeness (QED) is 0.514. The number of aliphatic imine (C=N–C) groups is 1. The summed E-state index contributed by atoms with van der Waals surface area (Å²) in [5, 5.41) is 8.67. The molecule has 0 fully saturated rings. The van der Waals surface area contributed by atoms with Crippen molar-refractivity contribution in [1.29, 1.82) is 5.26 Å². The fourth-order valence-corrected chi connectivity index (χ4v) is 1.86. The highest BCUT2D eigenvalue weighted by molar-refractivity contribution is 5.96. The lowest BCUT2D eigenvalue weighted by Crippen LogP contribution is -2.49. The Hall–Kier alpha value is -2.23. The van der Waals surface area contributed by atoms with E-state index in [1.807, 2.05) is 27.7 Å². The van der Waals surface area contributed by atoms with E-state index in [0.717, 1.165) is 12.1 Å². The number of guanidine groups is 1. The van der Waals surface area contributed by atoms with Crippen LogP contribution >= 0.6 is 0 Å². The number of rotatable bonds is 2. The molecular weight excluding hydrogens is 293 g/mol. The van der Waals surface area contributed by atoms with Gasteiger partial charge in [-0.3, -0.25) is 0 Å². The zero-order valence-corrected chi connectivity index (χ0v) is 12.9. The third kappa shape index (κ3) is 4.13. The van der Waals surface area contributed by atoms with Crippen LogP contribution in [0.25, 0.3) is 0 Å². The second-order valence-electron chi connectivity index (χ2n) is 6.03. The van der Waals surface area contributed by atoms with Gasteiger partial charge in [0, 0.05) is 11.7 Å². The Kier molecular flexibility index (Phi) is 5.07. The van der Waals surface area contributed by atoms with Crippen molar-refractivity contribution in [1.82, 2.24) is 0 Å². The van der Waals surface area contributed by atoms with Gasteiger partial charge in [-0.2, -0.15) is 18.4 Å². The van der Waals surface area contributed by atoms with Gasteiger partial charge in [-0.05, 0) is 36.6 Å². The molecule has 0 saturated carbocycles. The largest absolute Gasteiger partial charge is 0.416 e. The summed E-state index contributed by atoms with van der Waals surface area (Å²) >= 11 is 0. The molecule has 22 heavy (non-hydrogen) atoms. The van der Waals surface area contributed by atoms with E-state index < -0.39 is 11.7 Å². The highest BCUT2D eigenvalue weighted by Gasteiger charge is 2.32. The summed E-state index contributed by atoms with van der Waals surface area (Å²) in [7, 11) is 0. The van der Waals surface area contributed by atoms with Gasteiger partial charge >= 0.3 is 6.18 Å². The molecule has 0 aliphatic rings. The molecule has 0 radical (unpaired) electrons. The molecule has 1 aromatic carbocycles. The van der Waals surface area contributed by atoms with Crippen molar-refractivity contribution in [2.75, 3.05) is 4.90 Å². The summed E-state index contributed by atoms with van der Waals surface area (Å²) in [5.41, 5.74) is 5.30. The minimum Gasteiger partial charge on any atom is -0.369 e. The van der Waals surface area contributed by atoms with Crippen LogP contribution in [0.1, 0.15) is 33.3 Å².